The lowest BCUT2D eigenvalue weighted by Crippen LogP contribution is -2.21. The van der Waals surface area contributed by atoms with Gasteiger partial charge in [0.2, 0.25) is 5.91 Å². The monoisotopic (exact) mass is 494 g/mol. The summed E-state index contributed by atoms with van der Waals surface area (Å²) in [6.45, 7) is 1.85. The van der Waals surface area contributed by atoms with E-state index in [1.165, 1.54) is 18.2 Å². The van der Waals surface area contributed by atoms with Crippen molar-refractivity contribution in [3.05, 3.63) is 58.1 Å². The minimum absolute atomic E-state index is 0.144. The van der Waals surface area contributed by atoms with Crippen molar-refractivity contribution in [3.63, 3.8) is 0 Å². The molecule has 0 aliphatic rings. The van der Waals surface area contributed by atoms with Crippen LogP contribution in [0.5, 0.6) is 0 Å². The van der Waals surface area contributed by atoms with Gasteiger partial charge in [-0.3, -0.25) is 14.4 Å². The molecule has 33 heavy (non-hydrogen) atoms. The van der Waals surface area contributed by atoms with Crippen LogP contribution in [0.15, 0.2) is 42.5 Å². The topological polar surface area (TPSA) is 111 Å². The third-order valence-corrected chi connectivity index (χ3v) is 4.81. The van der Waals surface area contributed by atoms with Gasteiger partial charge in [0.1, 0.15) is 0 Å². The summed E-state index contributed by atoms with van der Waals surface area (Å²) in [4.78, 5) is 47.6. The largest absolute Gasteiger partial charge is 0.462 e. The van der Waals surface area contributed by atoms with Crippen LogP contribution in [0.3, 0.4) is 0 Å². The van der Waals surface area contributed by atoms with Gasteiger partial charge in [0, 0.05) is 17.1 Å². The number of unbranched alkanes of at least 4 members (excludes halogenated alkanes) is 1. The number of nitrogens with one attached hydrogen (secondary N) is 2. The number of ether oxygens (including phenoxy) is 2. The molecule has 0 bridgehead atoms. The number of rotatable bonds is 11. The van der Waals surface area contributed by atoms with Gasteiger partial charge in [-0.1, -0.05) is 36.5 Å². The van der Waals surface area contributed by atoms with E-state index in [1.807, 2.05) is 6.92 Å². The predicted molar refractivity (Wildman–Crippen MR) is 126 cm³/mol. The molecule has 0 atom stereocenters. The van der Waals surface area contributed by atoms with Crippen LogP contribution < -0.4 is 10.6 Å². The molecule has 10 heteroatoms. The van der Waals surface area contributed by atoms with Gasteiger partial charge in [-0.25, -0.2) is 4.79 Å². The van der Waals surface area contributed by atoms with Gasteiger partial charge in [0.25, 0.3) is 5.91 Å². The minimum atomic E-state index is -0.701. The average molecular weight is 495 g/mol. The number of halogens is 2. The molecule has 0 aromatic heterocycles. The van der Waals surface area contributed by atoms with Gasteiger partial charge < -0.3 is 20.1 Å². The third-order valence-electron chi connectivity index (χ3n) is 4.26. The Bertz CT molecular complexity index is 995. The number of hydrogen-bond acceptors (Lipinski definition) is 6. The van der Waals surface area contributed by atoms with Crippen molar-refractivity contribution in [2.45, 2.75) is 32.6 Å². The molecular formula is C23H24Cl2N2O6. The summed E-state index contributed by atoms with van der Waals surface area (Å²) >= 11 is 11.8. The van der Waals surface area contributed by atoms with Crippen molar-refractivity contribution in [1.29, 1.82) is 0 Å². The van der Waals surface area contributed by atoms with Crippen LogP contribution in [-0.4, -0.2) is 37.0 Å². The lowest BCUT2D eigenvalue weighted by molar-refractivity contribution is -0.147. The van der Waals surface area contributed by atoms with Crippen molar-refractivity contribution in [3.8, 4) is 0 Å². The Hall–Kier alpha value is -3.10. The van der Waals surface area contributed by atoms with Crippen LogP contribution in [0.1, 0.15) is 43.0 Å². The van der Waals surface area contributed by atoms with E-state index < -0.39 is 30.4 Å². The van der Waals surface area contributed by atoms with E-state index in [1.54, 1.807) is 24.3 Å². The Morgan fingerprint density at radius 1 is 0.879 bits per heavy atom. The average Bonchev–Trinajstić information content (AvgIpc) is 2.79. The van der Waals surface area contributed by atoms with E-state index in [2.05, 4.69) is 10.6 Å². The van der Waals surface area contributed by atoms with Crippen molar-refractivity contribution in [2.24, 2.45) is 0 Å². The molecule has 0 fully saturated rings. The second-order valence-corrected chi connectivity index (χ2v) is 7.79. The zero-order chi connectivity index (χ0) is 24.2. The highest BCUT2D eigenvalue weighted by Gasteiger charge is 2.13. The molecule has 0 saturated carbocycles. The molecule has 2 N–H and O–H groups in total. The van der Waals surface area contributed by atoms with E-state index in [4.69, 9.17) is 32.7 Å². The van der Waals surface area contributed by atoms with Gasteiger partial charge >= 0.3 is 11.9 Å². The molecule has 2 aromatic carbocycles. The fourth-order valence-corrected chi connectivity index (χ4v) is 2.97. The van der Waals surface area contributed by atoms with E-state index in [0.29, 0.717) is 28.6 Å². The molecular weight excluding hydrogens is 471 g/mol. The summed E-state index contributed by atoms with van der Waals surface area (Å²) < 4.78 is 10.00. The first kappa shape index (κ1) is 26.2. The van der Waals surface area contributed by atoms with Crippen LogP contribution in [0.4, 0.5) is 11.4 Å². The lowest BCUT2D eigenvalue weighted by Gasteiger charge is -2.09. The molecule has 176 valence electrons. The first-order chi connectivity index (χ1) is 15.8. The summed E-state index contributed by atoms with van der Waals surface area (Å²) in [6, 6.07) is 10.8. The van der Waals surface area contributed by atoms with Gasteiger partial charge in [-0.2, -0.15) is 0 Å². The highest BCUT2D eigenvalue weighted by atomic mass is 35.5. The van der Waals surface area contributed by atoms with E-state index in [0.717, 1.165) is 12.8 Å². The highest BCUT2D eigenvalue weighted by molar-refractivity contribution is 6.36. The Morgan fingerprint density at radius 2 is 1.61 bits per heavy atom. The van der Waals surface area contributed by atoms with Crippen molar-refractivity contribution in [2.75, 3.05) is 23.8 Å². The number of anilines is 2. The molecule has 0 heterocycles. The van der Waals surface area contributed by atoms with Crippen LogP contribution in [0.2, 0.25) is 10.0 Å². The third kappa shape index (κ3) is 9.51. The number of benzene rings is 2. The lowest BCUT2D eigenvalue weighted by atomic mass is 10.2. The second kappa shape index (κ2) is 13.4. The standard InChI is InChI=1S/C23H24Cl2N2O6/c1-2-3-12-32-23(31)15-4-7-17(8-5-15)26-21(29)14-33-22(30)11-10-20(28)27-19-9-6-16(24)13-18(19)25/h4-9,13H,2-3,10-12,14H2,1H3,(H,26,29)(H,27,28). The normalized spacial score (nSPS) is 10.3. The summed E-state index contributed by atoms with van der Waals surface area (Å²) in [6.07, 6.45) is 1.36. The molecule has 0 aliphatic heterocycles. The second-order valence-electron chi connectivity index (χ2n) is 6.95. The number of esters is 2. The zero-order valence-corrected chi connectivity index (χ0v) is 19.5. The first-order valence-corrected chi connectivity index (χ1v) is 11.0. The number of carbonyl (C=O) groups excluding carboxylic acids is 4. The Labute approximate surface area is 201 Å². The molecule has 0 aliphatic carbocycles. The molecule has 0 spiro atoms. The Balaban J connectivity index is 1.69. The summed E-state index contributed by atoms with van der Waals surface area (Å²) in [5, 5.41) is 5.82. The van der Waals surface area contributed by atoms with Crippen LogP contribution >= 0.6 is 23.2 Å². The Kier molecular flexibility index (Phi) is 10.7. The number of carbonyl (C=O) groups is 4. The highest BCUT2D eigenvalue weighted by Crippen LogP contribution is 2.25. The number of amides is 2. The molecule has 2 aromatic rings. The quantitative estimate of drug-likeness (QED) is 0.341. The molecule has 2 amide bonds. The summed E-state index contributed by atoms with van der Waals surface area (Å²) in [5.41, 5.74) is 1.17. The van der Waals surface area contributed by atoms with Crippen molar-refractivity contribution >= 4 is 58.3 Å². The maximum atomic E-state index is 12.0. The molecule has 0 saturated heterocycles. The van der Waals surface area contributed by atoms with E-state index in [-0.39, 0.29) is 17.9 Å². The van der Waals surface area contributed by atoms with Crippen molar-refractivity contribution < 1.29 is 28.7 Å². The summed E-state index contributed by atoms with van der Waals surface area (Å²) in [5.74, 6) is -2.13. The molecule has 0 unspecified atom stereocenters. The number of hydrogen-bond donors (Lipinski definition) is 2. The van der Waals surface area contributed by atoms with Crippen LogP contribution in [0.25, 0.3) is 0 Å². The maximum absolute atomic E-state index is 12.0. The van der Waals surface area contributed by atoms with Crippen LogP contribution in [-0.2, 0) is 23.9 Å². The fraction of sp³-hybridized carbons (Fsp3) is 0.304. The minimum Gasteiger partial charge on any atom is -0.462 e. The summed E-state index contributed by atoms with van der Waals surface area (Å²) in [7, 11) is 0. The molecule has 8 nitrogen and oxygen atoms in total. The van der Waals surface area contributed by atoms with Crippen LogP contribution in [0, 0.1) is 0 Å². The smallest absolute Gasteiger partial charge is 0.338 e. The predicted octanol–water partition coefficient (Wildman–Crippen LogP) is 4.85. The van der Waals surface area contributed by atoms with Gasteiger partial charge in [-0.05, 0) is 48.9 Å². The SMILES string of the molecule is CCCCOC(=O)c1ccc(NC(=O)COC(=O)CCC(=O)Nc2ccc(Cl)cc2Cl)cc1. The molecule has 2 rings (SSSR count). The molecule has 0 radical (unpaired) electrons. The van der Waals surface area contributed by atoms with E-state index in [9.17, 15) is 19.2 Å². The zero-order valence-electron chi connectivity index (χ0n) is 18.0. The fourth-order valence-electron chi connectivity index (χ4n) is 2.52. The maximum Gasteiger partial charge on any atom is 0.338 e. The van der Waals surface area contributed by atoms with E-state index >= 15 is 0 Å². The van der Waals surface area contributed by atoms with Crippen molar-refractivity contribution in [1.82, 2.24) is 0 Å². The van der Waals surface area contributed by atoms with Gasteiger partial charge in [-0.15, -0.1) is 0 Å². The van der Waals surface area contributed by atoms with Gasteiger partial charge in [0.15, 0.2) is 6.61 Å². The Morgan fingerprint density at radius 3 is 2.27 bits per heavy atom. The van der Waals surface area contributed by atoms with Gasteiger partial charge in [0.05, 0.1) is 29.3 Å². The first-order valence-electron chi connectivity index (χ1n) is 10.3.